The van der Waals surface area contributed by atoms with E-state index in [2.05, 4.69) is 9.97 Å². The maximum atomic E-state index is 11.2. The molecular weight excluding hydrogens is 242 g/mol. The lowest BCUT2D eigenvalue weighted by molar-refractivity contribution is 0.0696. The number of aromatic carboxylic acids is 1. The summed E-state index contributed by atoms with van der Waals surface area (Å²) >= 11 is 0. The number of fused-ring (bicyclic) bond motifs is 1. The molecule has 94 valence electrons. The quantitative estimate of drug-likeness (QED) is 0.761. The summed E-state index contributed by atoms with van der Waals surface area (Å²) < 4.78 is 1.80. The molecule has 2 aromatic heterocycles. The van der Waals surface area contributed by atoms with Crippen molar-refractivity contribution in [1.29, 1.82) is 0 Å². The molecule has 0 unspecified atom stereocenters. The third kappa shape index (κ3) is 1.76. The molecule has 0 aliphatic heterocycles. The van der Waals surface area contributed by atoms with Gasteiger partial charge < -0.3 is 5.11 Å². The zero-order valence-electron chi connectivity index (χ0n) is 10.2. The SMILES string of the molecule is Cc1c(C(=O)O)cccc1-n1cnc2cccnc21. The number of imidazole rings is 1. The first-order valence-electron chi connectivity index (χ1n) is 5.80. The summed E-state index contributed by atoms with van der Waals surface area (Å²) in [6.07, 6.45) is 3.35. The molecule has 0 spiro atoms. The number of hydrogen-bond donors (Lipinski definition) is 1. The molecule has 0 saturated heterocycles. The van der Waals surface area contributed by atoms with E-state index in [1.807, 2.05) is 18.2 Å². The van der Waals surface area contributed by atoms with Gasteiger partial charge in [0.15, 0.2) is 5.65 Å². The number of nitrogens with zero attached hydrogens (tertiary/aromatic N) is 3. The summed E-state index contributed by atoms with van der Waals surface area (Å²) in [7, 11) is 0. The van der Waals surface area contributed by atoms with Crippen LogP contribution in [-0.4, -0.2) is 25.6 Å². The van der Waals surface area contributed by atoms with Gasteiger partial charge in [0.1, 0.15) is 11.8 Å². The highest BCUT2D eigenvalue weighted by Gasteiger charge is 2.13. The van der Waals surface area contributed by atoms with Gasteiger partial charge in [0, 0.05) is 6.20 Å². The smallest absolute Gasteiger partial charge is 0.336 e. The molecule has 0 radical (unpaired) electrons. The average Bonchev–Trinajstić information content (AvgIpc) is 2.82. The van der Waals surface area contributed by atoms with E-state index in [1.54, 1.807) is 36.1 Å². The first-order valence-corrected chi connectivity index (χ1v) is 5.80. The maximum absolute atomic E-state index is 11.2. The Morgan fingerprint density at radius 2 is 2.05 bits per heavy atom. The average molecular weight is 253 g/mol. The van der Waals surface area contributed by atoms with E-state index in [0.717, 1.165) is 11.2 Å². The van der Waals surface area contributed by atoms with Crippen LogP contribution in [0.3, 0.4) is 0 Å². The van der Waals surface area contributed by atoms with Crippen molar-refractivity contribution in [3.8, 4) is 5.69 Å². The Hall–Kier alpha value is -2.69. The molecule has 3 aromatic rings. The molecule has 5 nitrogen and oxygen atoms in total. The van der Waals surface area contributed by atoms with Crippen LogP contribution in [0, 0.1) is 6.92 Å². The van der Waals surface area contributed by atoms with Crippen molar-refractivity contribution in [2.45, 2.75) is 6.92 Å². The minimum absolute atomic E-state index is 0.287. The third-order valence-corrected chi connectivity index (χ3v) is 3.10. The molecule has 2 heterocycles. The predicted octanol–water partition coefficient (Wildman–Crippen LogP) is 2.43. The molecule has 0 saturated carbocycles. The number of carboxylic acid groups (broad SMARTS) is 1. The Balaban J connectivity index is 2.28. The molecule has 1 N–H and O–H groups in total. The lowest BCUT2D eigenvalue weighted by Gasteiger charge is -2.09. The molecule has 0 bridgehead atoms. The molecule has 1 aromatic carbocycles. The number of carboxylic acids is 1. The van der Waals surface area contributed by atoms with Gasteiger partial charge in [0.05, 0.1) is 11.3 Å². The van der Waals surface area contributed by atoms with Crippen molar-refractivity contribution in [1.82, 2.24) is 14.5 Å². The Labute approximate surface area is 109 Å². The van der Waals surface area contributed by atoms with Crippen LogP contribution in [-0.2, 0) is 0 Å². The zero-order valence-corrected chi connectivity index (χ0v) is 10.2. The number of aromatic nitrogens is 3. The van der Waals surface area contributed by atoms with Crippen molar-refractivity contribution in [2.75, 3.05) is 0 Å². The third-order valence-electron chi connectivity index (χ3n) is 3.10. The number of hydrogen-bond acceptors (Lipinski definition) is 3. The van der Waals surface area contributed by atoms with Gasteiger partial charge in [-0.3, -0.25) is 4.57 Å². The zero-order chi connectivity index (χ0) is 13.4. The second-order valence-electron chi connectivity index (χ2n) is 4.22. The van der Waals surface area contributed by atoms with E-state index >= 15 is 0 Å². The van der Waals surface area contributed by atoms with Crippen LogP contribution in [0.5, 0.6) is 0 Å². The Bertz CT molecular complexity index is 777. The Morgan fingerprint density at radius 1 is 1.21 bits per heavy atom. The van der Waals surface area contributed by atoms with E-state index in [0.29, 0.717) is 11.2 Å². The van der Waals surface area contributed by atoms with Crippen molar-refractivity contribution in [3.05, 3.63) is 54.0 Å². The van der Waals surface area contributed by atoms with Gasteiger partial charge in [-0.05, 0) is 36.8 Å². The highest BCUT2D eigenvalue weighted by atomic mass is 16.4. The maximum Gasteiger partial charge on any atom is 0.336 e. The molecule has 0 aliphatic carbocycles. The van der Waals surface area contributed by atoms with Crippen molar-refractivity contribution < 1.29 is 9.90 Å². The Morgan fingerprint density at radius 3 is 2.84 bits per heavy atom. The van der Waals surface area contributed by atoms with Crippen molar-refractivity contribution >= 4 is 17.1 Å². The first-order chi connectivity index (χ1) is 9.18. The molecule has 5 heteroatoms. The summed E-state index contributed by atoms with van der Waals surface area (Å²) in [6, 6.07) is 8.86. The molecular formula is C14H11N3O2. The van der Waals surface area contributed by atoms with Crippen molar-refractivity contribution in [3.63, 3.8) is 0 Å². The van der Waals surface area contributed by atoms with Crippen LogP contribution >= 0.6 is 0 Å². The molecule has 19 heavy (non-hydrogen) atoms. The molecule has 0 fully saturated rings. The fourth-order valence-corrected chi connectivity index (χ4v) is 2.14. The van der Waals surface area contributed by atoms with Crippen LogP contribution in [0.1, 0.15) is 15.9 Å². The minimum atomic E-state index is -0.934. The van der Waals surface area contributed by atoms with Crippen LogP contribution in [0.2, 0.25) is 0 Å². The lowest BCUT2D eigenvalue weighted by Crippen LogP contribution is -2.04. The van der Waals surface area contributed by atoms with Crippen LogP contribution in [0.25, 0.3) is 16.9 Å². The fourth-order valence-electron chi connectivity index (χ4n) is 2.14. The minimum Gasteiger partial charge on any atom is -0.478 e. The molecule has 0 atom stereocenters. The Kier molecular flexibility index (Phi) is 2.52. The molecule has 0 amide bonds. The van der Waals surface area contributed by atoms with E-state index < -0.39 is 5.97 Å². The fraction of sp³-hybridized carbons (Fsp3) is 0.0714. The van der Waals surface area contributed by atoms with E-state index in [-0.39, 0.29) is 5.56 Å². The van der Waals surface area contributed by atoms with Crippen LogP contribution in [0.15, 0.2) is 42.9 Å². The lowest BCUT2D eigenvalue weighted by atomic mass is 10.1. The second kappa shape index (κ2) is 4.20. The van der Waals surface area contributed by atoms with Crippen molar-refractivity contribution in [2.24, 2.45) is 0 Å². The number of pyridine rings is 1. The standard InChI is InChI=1S/C14H11N3O2/c1-9-10(14(18)19)4-2-6-12(9)17-8-16-11-5-3-7-15-13(11)17/h2-8H,1H3,(H,18,19). The predicted molar refractivity (Wildman–Crippen MR) is 70.6 cm³/mol. The van der Waals surface area contributed by atoms with Gasteiger partial charge in [-0.15, -0.1) is 0 Å². The number of rotatable bonds is 2. The normalized spacial score (nSPS) is 10.8. The van der Waals surface area contributed by atoms with E-state index in [4.69, 9.17) is 5.11 Å². The van der Waals surface area contributed by atoms with Crippen LogP contribution < -0.4 is 0 Å². The topological polar surface area (TPSA) is 68.0 Å². The molecule has 3 rings (SSSR count). The summed E-state index contributed by atoms with van der Waals surface area (Å²) in [6.45, 7) is 1.79. The first kappa shape index (κ1) is 11.4. The largest absolute Gasteiger partial charge is 0.478 e. The van der Waals surface area contributed by atoms with Gasteiger partial charge in [-0.25, -0.2) is 14.8 Å². The summed E-state index contributed by atoms with van der Waals surface area (Å²) in [4.78, 5) is 19.7. The van der Waals surface area contributed by atoms with E-state index in [9.17, 15) is 4.79 Å². The van der Waals surface area contributed by atoms with Gasteiger partial charge in [0.25, 0.3) is 0 Å². The number of benzene rings is 1. The second-order valence-corrected chi connectivity index (χ2v) is 4.22. The highest BCUT2D eigenvalue weighted by Crippen LogP contribution is 2.21. The monoisotopic (exact) mass is 253 g/mol. The summed E-state index contributed by atoms with van der Waals surface area (Å²) in [5, 5.41) is 9.16. The van der Waals surface area contributed by atoms with Gasteiger partial charge >= 0.3 is 5.97 Å². The van der Waals surface area contributed by atoms with Gasteiger partial charge in [0.2, 0.25) is 0 Å². The summed E-state index contributed by atoms with van der Waals surface area (Å²) in [5.74, 6) is -0.934. The van der Waals surface area contributed by atoms with Crippen LogP contribution in [0.4, 0.5) is 0 Å². The summed E-state index contributed by atoms with van der Waals surface area (Å²) in [5.41, 5.74) is 3.26. The molecule has 0 aliphatic rings. The van der Waals surface area contributed by atoms with E-state index in [1.165, 1.54) is 0 Å². The number of carbonyl (C=O) groups is 1. The van der Waals surface area contributed by atoms with Gasteiger partial charge in [-0.1, -0.05) is 6.07 Å². The van der Waals surface area contributed by atoms with Gasteiger partial charge in [-0.2, -0.15) is 0 Å². The highest BCUT2D eigenvalue weighted by molar-refractivity contribution is 5.90.